The molecule has 0 fully saturated rings. The maximum Gasteiger partial charge on any atom is 0.297 e. The minimum absolute atomic E-state index is 0.0297. The van der Waals surface area contributed by atoms with Gasteiger partial charge in [0.05, 0.1) is 22.5 Å². The molecule has 0 aliphatic heterocycles. The van der Waals surface area contributed by atoms with Gasteiger partial charge in [0, 0.05) is 0 Å². The summed E-state index contributed by atoms with van der Waals surface area (Å²) >= 11 is 0. The summed E-state index contributed by atoms with van der Waals surface area (Å²) in [6, 6.07) is 13.1. The van der Waals surface area contributed by atoms with E-state index in [9.17, 15) is 16.8 Å². The van der Waals surface area contributed by atoms with Crippen molar-refractivity contribution in [1.82, 2.24) is 0 Å². The third-order valence-electron chi connectivity index (χ3n) is 6.17. The first-order chi connectivity index (χ1) is 17.1. The van der Waals surface area contributed by atoms with Crippen molar-refractivity contribution < 1.29 is 25.2 Å². The van der Waals surface area contributed by atoms with Gasteiger partial charge in [-0.15, -0.1) is 0 Å². The second-order valence-corrected chi connectivity index (χ2v) is 12.7. The van der Waals surface area contributed by atoms with Crippen molar-refractivity contribution in [3.8, 4) is 0 Å². The highest BCUT2D eigenvalue weighted by molar-refractivity contribution is 7.87. The first-order valence-corrected chi connectivity index (χ1v) is 15.9. The third kappa shape index (κ3) is 11.1. The van der Waals surface area contributed by atoms with Gasteiger partial charge in [-0.05, 0) is 57.4 Å². The maximum absolute atomic E-state index is 12.8. The lowest BCUT2D eigenvalue weighted by Crippen LogP contribution is -2.20. The Hall–Kier alpha value is -1.74. The van der Waals surface area contributed by atoms with Gasteiger partial charge in [0.2, 0.25) is 0 Å². The van der Waals surface area contributed by atoms with Crippen LogP contribution in [0.5, 0.6) is 0 Å². The quantitative estimate of drug-likeness (QED) is 0.149. The molecule has 0 bridgehead atoms. The molecule has 1 atom stereocenters. The Morgan fingerprint density at radius 2 is 1.06 bits per heavy atom. The Bertz CT molecular complexity index is 1090. The van der Waals surface area contributed by atoms with Crippen LogP contribution in [0.4, 0.5) is 0 Å². The van der Waals surface area contributed by atoms with Crippen LogP contribution in [0.2, 0.25) is 0 Å². The zero-order valence-electron chi connectivity index (χ0n) is 21.9. The maximum atomic E-state index is 12.8. The summed E-state index contributed by atoms with van der Waals surface area (Å²) in [7, 11) is -7.76. The zero-order chi connectivity index (χ0) is 26.4. The summed E-state index contributed by atoms with van der Waals surface area (Å²) < 4.78 is 61.3. The zero-order valence-corrected chi connectivity index (χ0v) is 23.6. The highest BCUT2D eigenvalue weighted by atomic mass is 32.2. The van der Waals surface area contributed by atoms with Crippen molar-refractivity contribution in [2.45, 2.75) is 107 Å². The molecule has 2 aromatic rings. The fourth-order valence-corrected chi connectivity index (χ4v) is 6.01. The summed E-state index contributed by atoms with van der Waals surface area (Å²) in [5, 5.41) is 0. The van der Waals surface area contributed by atoms with E-state index in [1.165, 1.54) is 44.2 Å². The second-order valence-electron chi connectivity index (χ2n) is 9.48. The van der Waals surface area contributed by atoms with Crippen LogP contribution >= 0.6 is 0 Å². The molecule has 0 saturated carbocycles. The molecule has 1 unspecified atom stereocenters. The molecule has 6 nitrogen and oxygen atoms in total. The van der Waals surface area contributed by atoms with Gasteiger partial charge in [0.1, 0.15) is 0 Å². The van der Waals surface area contributed by atoms with Crippen LogP contribution < -0.4 is 0 Å². The molecule has 8 heteroatoms. The van der Waals surface area contributed by atoms with Gasteiger partial charge in [-0.1, -0.05) is 93.7 Å². The molecule has 36 heavy (non-hydrogen) atoms. The molecule has 0 amide bonds. The Balaban J connectivity index is 1.90. The first-order valence-electron chi connectivity index (χ1n) is 13.1. The lowest BCUT2D eigenvalue weighted by molar-refractivity contribution is 0.171. The Morgan fingerprint density at radius 3 is 1.58 bits per heavy atom. The van der Waals surface area contributed by atoms with E-state index in [4.69, 9.17) is 8.37 Å². The molecule has 0 saturated heterocycles. The lowest BCUT2D eigenvalue weighted by atomic mass is 10.0. The average molecular weight is 539 g/mol. The number of benzene rings is 2. The molecule has 0 heterocycles. The second kappa shape index (κ2) is 15.5. The number of hydrogen-bond donors (Lipinski definition) is 0. The molecule has 0 N–H and O–H groups in total. The minimum Gasteiger partial charge on any atom is -0.266 e. The van der Waals surface area contributed by atoms with Crippen molar-refractivity contribution >= 4 is 20.2 Å². The molecule has 2 rings (SSSR count). The van der Waals surface area contributed by atoms with Crippen LogP contribution in [-0.4, -0.2) is 29.5 Å². The molecule has 0 aliphatic carbocycles. The molecular weight excluding hydrogens is 496 g/mol. The average Bonchev–Trinajstić information content (AvgIpc) is 2.83. The summed E-state index contributed by atoms with van der Waals surface area (Å²) in [5.74, 6) is 0. The third-order valence-corrected chi connectivity index (χ3v) is 8.87. The van der Waals surface area contributed by atoms with Crippen LogP contribution in [0, 0.1) is 13.8 Å². The minimum atomic E-state index is -3.91. The highest BCUT2D eigenvalue weighted by Gasteiger charge is 2.22. The summed E-state index contributed by atoms with van der Waals surface area (Å²) in [6.07, 6.45) is 10.0. The van der Waals surface area contributed by atoms with Gasteiger partial charge >= 0.3 is 0 Å². The summed E-state index contributed by atoms with van der Waals surface area (Å²) in [4.78, 5) is 0.244. The molecule has 0 aliphatic rings. The van der Waals surface area contributed by atoms with E-state index in [2.05, 4.69) is 6.92 Å². The Morgan fingerprint density at radius 1 is 0.611 bits per heavy atom. The van der Waals surface area contributed by atoms with Crippen LogP contribution in [0.25, 0.3) is 0 Å². The van der Waals surface area contributed by atoms with E-state index in [0.29, 0.717) is 19.3 Å². The predicted molar refractivity (Wildman–Crippen MR) is 144 cm³/mol. The number of aryl methyl sites for hydroxylation is 2. The molecule has 2 aromatic carbocycles. The van der Waals surface area contributed by atoms with Gasteiger partial charge in [-0.3, -0.25) is 8.37 Å². The van der Waals surface area contributed by atoms with Crippen LogP contribution in [0.3, 0.4) is 0 Å². The first kappa shape index (κ1) is 30.5. The molecule has 202 valence electrons. The predicted octanol–water partition coefficient (Wildman–Crippen LogP) is 7.09. The van der Waals surface area contributed by atoms with Crippen molar-refractivity contribution in [2.24, 2.45) is 0 Å². The van der Waals surface area contributed by atoms with Crippen LogP contribution in [-0.2, 0) is 28.6 Å². The molecule has 0 aromatic heterocycles. The monoisotopic (exact) mass is 538 g/mol. The number of rotatable bonds is 18. The van der Waals surface area contributed by atoms with Crippen molar-refractivity contribution in [3.05, 3.63) is 59.7 Å². The fourth-order valence-electron chi connectivity index (χ4n) is 3.94. The van der Waals surface area contributed by atoms with Gasteiger partial charge in [0.25, 0.3) is 20.2 Å². The normalized spacial score (nSPS) is 13.1. The summed E-state index contributed by atoms with van der Waals surface area (Å²) in [6.45, 7) is 5.95. The van der Waals surface area contributed by atoms with Crippen LogP contribution in [0.1, 0.15) is 88.7 Å². The van der Waals surface area contributed by atoms with Gasteiger partial charge < -0.3 is 0 Å². The highest BCUT2D eigenvalue weighted by Crippen LogP contribution is 2.22. The van der Waals surface area contributed by atoms with E-state index < -0.39 is 26.3 Å². The lowest BCUT2D eigenvalue weighted by Gasteiger charge is -2.18. The van der Waals surface area contributed by atoms with E-state index in [1.807, 2.05) is 13.8 Å². The van der Waals surface area contributed by atoms with E-state index in [1.54, 1.807) is 36.4 Å². The van der Waals surface area contributed by atoms with Gasteiger partial charge in [-0.2, -0.15) is 16.8 Å². The van der Waals surface area contributed by atoms with E-state index in [-0.39, 0.29) is 16.4 Å². The van der Waals surface area contributed by atoms with E-state index >= 15 is 0 Å². The standard InChI is InChI=1S/C28H42O6S2/c1-4-5-6-7-8-9-10-11-13-26(34-36(31,32)28-21-17-25(3)18-22-28)14-12-23-33-35(29,30)27-19-15-24(2)16-20-27/h15-22,26H,4-14,23H2,1-3H3. The van der Waals surface area contributed by atoms with Gasteiger partial charge in [-0.25, -0.2) is 0 Å². The Kier molecular flexibility index (Phi) is 13.1. The SMILES string of the molecule is CCCCCCCCCCC(CCCOS(=O)(=O)c1ccc(C)cc1)OS(=O)(=O)c1ccc(C)cc1. The van der Waals surface area contributed by atoms with Crippen LogP contribution in [0.15, 0.2) is 58.3 Å². The fraction of sp³-hybridized carbons (Fsp3) is 0.571. The molecular formula is C28H42O6S2. The van der Waals surface area contributed by atoms with Crippen molar-refractivity contribution in [2.75, 3.05) is 6.61 Å². The van der Waals surface area contributed by atoms with E-state index in [0.717, 1.165) is 30.4 Å². The Labute approximate surface area is 218 Å². The molecule has 0 spiro atoms. The van der Waals surface area contributed by atoms with Crippen molar-refractivity contribution in [3.63, 3.8) is 0 Å². The molecule has 0 radical (unpaired) electrons. The summed E-state index contributed by atoms with van der Waals surface area (Å²) in [5.41, 5.74) is 1.93. The van der Waals surface area contributed by atoms with Gasteiger partial charge in [0.15, 0.2) is 0 Å². The largest absolute Gasteiger partial charge is 0.297 e. The smallest absolute Gasteiger partial charge is 0.266 e. The topological polar surface area (TPSA) is 86.7 Å². The number of unbranched alkanes of at least 4 members (excludes halogenated alkanes) is 7. The number of hydrogen-bond acceptors (Lipinski definition) is 6. The van der Waals surface area contributed by atoms with Crippen molar-refractivity contribution in [1.29, 1.82) is 0 Å².